The number of hydrogen-bond donors (Lipinski definition) is 1. The van der Waals surface area contributed by atoms with Gasteiger partial charge in [-0.2, -0.15) is 0 Å². The van der Waals surface area contributed by atoms with E-state index in [0.717, 1.165) is 31.5 Å². The average Bonchev–Trinajstić information content (AvgIpc) is 2.39. The summed E-state index contributed by atoms with van der Waals surface area (Å²) in [6.45, 7) is 2.71. The highest BCUT2D eigenvalue weighted by Crippen LogP contribution is 2.16. The van der Waals surface area contributed by atoms with Crippen LogP contribution in [0.4, 0.5) is 5.69 Å². The van der Waals surface area contributed by atoms with Crippen LogP contribution in [-0.4, -0.2) is 20.7 Å². The Hall–Kier alpha value is -1.47. The number of unbranched alkanes of at least 4 members (excludes halogenated alkanes) is 2. The molecule has 0 heterocycles. The van der Waals surface area contributed by atoms with Crippen LogP contribution in [0.3, 0.4) is 0 Å². The lowest BCUT2D eigenvalue weighted by Gasteiger charge is -2.07. The predicted molar refractivity (Wildman–Crippen MR) is 80.0 cm³/mol. The van der Waals surface area contributed by atoms with E-state index in [1.54, 1.807) is 12.1 Å². The minimum absolute atomic E-state index is 0.200. The van der Waals surface area contributed by atoms with Crippen molar-refractivity contribution in [2.75, 3.05) is 17.6 Å². The van der Waals surface area contributed by atoms with Crippen molar-refractivity contribution in [3.05, 3.63) is 24.3 Å². The number of terminal acetylenes is 1. The molecule has 0 fully saturated rings. The molecule has 0 radical (unpaired) electrons. The molecular weight excluding hydrogens is 258 g/mol. The second-order valence-electron chi connectivity index (χ2n) is 4.43. The first-order valence-electron chi connectivity index (χ1n) is 6.60. The zero-order valence-electron chi connectivity index (χ0n) is 11.4. The summed E-state index contributed by atoms with van der Waals surface area (Å²) in [4.78, 5) is 0.396. The van der Waals surface area contributed by atoms with Crippen LogP contribution in [0.1, 0.15) is 32.6 Å². The first-order chi connectivity index (χ1) is 9.10. The highest BCUT2D eigenvalue weighted by molar-refractivity contribution is 7.91. The van der Waals surface area contributed by atoms with Crippen molar-refractivity contribution >= 4 is 15.5 Å². The fourth-order valence-electron chi connectivity index (χ4n) is 1.75. The molecule has 0 unspecified atom stereocenters. The Bertz CT molecular complexity index is 512. The normalized spacial score (nSPS) is 10.9. The second kappa shape index (κ2) is 7.85. The van der Waals surface area contributed by atoms with E-state index in [9.17, 15) is 8.42 Å². The van der Waals surface area contributed by atoms with Crippen molar-refractivity contribution in [3.8, 4) is 12.3 Å². The molecule has 0 aromatic heterocycles. The predicted octanol–water partition coefficient (Wildman–Crippen LogP) is 3.09. The number of sulfone groups is 1. The van der Waals surface area contributed by atoms with E-state index < -0.39 is 9.84 Å². The van der Waals surface area contributed by atoms with Gasteiger partial charge in [0.05, 0.1) is 10.6 Å². The van der Waals surface area contributed by atoms with Gasteiger partial charge in [-0.3, -0.25) is 0 Å². The Morgan fingerprint density at radius 3 is 2.47 bits per heavy atom. The molecule has 0 atom stereocenters. The van der Waals surface area contributed by atoms with Crippen LogP contribution in [0.2, 0.25) is 0 Å². The zero-order valence-corrected chi connectivity index (χ0v) is 12.2. The summed E-state index contributed by atoms with van der Waals surface area (Å²) >= 11 is 0. The Morgan fingerprint density at radius 2 is 1.89 bits per heavy atom. The molecule has 1 aromatic rings. The maximum atomic E-state index is 11.8. The van der Waals surface area contributed by atoms with Gasteiger partial charge in [0, 0.05) is 18.7 Å². The first-order valence-corrected chi connectivity index (χ1v) is 8.25. The number of anilines is 1. The Morgan fingerprint density at radius 1 is 1.21 bits per heavy atom. The summed E-state index contributed by atoms with van der Waals surface area (Å²) in [6, 6.07) is 6.94. The van der Waals surface area contributed by atoms with Crippen molar-refractivity contribution in [2.24, 2.45) is 0 Å². The fourth-order valence-corrected chi connectivity index (χ4v) is 3.08. The summed E-state index contributed by atoms with van der Waals surface area (Å²) < 4.78 is 23.7. The number of hydrogen-bond acceptors (Lipinski definition) is 3. The van der Waals surface area contributed by atoms with Crippen LogP contribution in [0, 0.1) is 12.3 Å². The van der Waals surface area contributed by atoms with E-state index in [1.807, 2.05) is 19.1 Å². The van der Waals surface area contributed by atoms with Crippen molar-refractivity contribution < 1.29 is 8.42 Å². The monoisotopic (exact) mass is 279 g/mol. The van der Waals surface area contributed by atoms with Gasteiger partial charge < -0.3 is 5.32 Å². The van der Waals surface area contributed by atoms with Gasteiger partial charge in [-0.25, -0.2) is 8.42 Å². The standard InChI is InChI=1S/C15H21NO2S/c1-3-5-6-7-12-16-14-8-10-15(11-9-14)19(17,18)13-4-2/h1,8-11,16H,4-7,12-13H2,2H3. The lowest BCUT2D eigenvalue weighted by molar-refractivity contribution is 0.595. The van der Waals surface area contributed by atoms with E-state index in [1.165, 1.54) is 0 Å². The fraction of sp³-hybridized carbons (Fsp3) is 0.467. The molecule has 0 aliphatic heterocycles. The summed E-state index contributed by atoms with van der Waals surface area (Å²) in [5.41, 5.74) is 0.941. The third-order valence-electron chi connectivity index (χ3n) is 2.76. The molecule has 0 saturated heterocycles. The lowest BCUT2D eigenvalue weighted by atomic mass is 10.2. The quantitative estimate of drug-likeness (QED) is 0.587. The number of nitrogens with one attached hydrogen (secondary N) is 1. The van der Waals surface area contributed by atoms with Crippen molar-refractivity contribution in [3.63, 3.8) is 0 Å². The Balaban J connectivity index is 2.51. The van der Waals surface area contributed by atoms with Gasteiger partial charge >= 0.3 is 0 Å². The van der Waals surface area contributed by atoms with Gasteiger partial charge in [0.1, 0.15) is 0 Å². The molecule has 0 aliphatic carbocycles. The zero-order chi connectivity index (χ0) is 14.1. The molecule has 0 amide bonds. The topological polar surface area (TPSA) is 46.2 Å². The summed E-state index contributed by atoms with van der Waals surface area (Å²) in [5, 5.41) is 3.25. The molecule has 4 heteroatoms. The highest BCUT2D eigenvalue weighted by Gasteiger charge is 2.12. The molecule has 0 saturated carbocycles. The number of benzene rings is 1. The Kier molecular flexibility index (Phi) is 6.44. The van der Waals surface area contributed by atoms with E-state index in [4.69, 9.17) is 6.42 Å². The van der Waals surface area contributed by atoms with E-state index in [0.29, 0.717) is 11.3 Å². The summed E-state index contributed by atoms with van der Waals surface area (Å²) in [7, 11) is -3.11. The van der Waals surface area contributed by atoms with E-state index >= 15 is 0 Å². The van der Waals surface area contributed by atoms with E-state index in [2.05, 4.69) is 11.2 Å². The van der Waals surface area contributed by atoms with Gasteiger partial charge in [-0.15, -0.1) is 12.3 Å². The molecule has 1 aromatic carbocycles. The molecular formula is C15H21NO2S. The first kappa shape index (κ1) is 15.6. The third-order valence-corrected chi connectivity index (χ3v) is 4.70. The molecule has 19 heavy (non-hydrogen) atoms. The molecule has 104 valence electrons. The smallest absolute Gasteiger partial charge is 0.178 e. The van der Waals surface area contributed by atoms with Gasteiger partial charge in [0.15, 0.2) is 9.84 Å². The molecule has 0 aliphatic rings. The average molecular weight is 279 g/mol. The molecule has 0 spiro atoms. The van der Waals surface area contributed by atoms with Crippen LogP contribution in [-0.2, 0) is 9.84 Å². The minimum atomic E-state index is -3.11. The maximum Gasteiger partial charge on any atom is 0.178 e. The van der Waals surface area contributed by atoms with Crippen molar-refractivity contribution in [2.45, 2.75) is 37.5 Å². The van der Waals surface area contributed by atoms with Crippen molar-refractivity contribution in [1.29, 1.82) is 0 Å². The van der Waals surface area contributed by atoms with Crippen LogP contribution >= 0.6 is 0 Å². The summed E-state index contributed by atoms with van der Waals surface area (Å²) in [6.07, 6.45) is 8.63. The van der Waals surface area contributed by atoms with E-state index in [-0.39, 0.29) is 5.75 Å². The van der Waals surface area contributed by atoms with Crippen LogP contribution < -0.4 is 5.32 Å². The van der Waals surface area contributed by atoms with Gasteiger partial charge in [-0.1, -0.05) is 6.92 Å². The van der Waals surface area contributed by atoms with Gasteiger partial charge in [0.2, 0.25) is 0 Å². The molecule has 3 nitrogen and oxygen atoms in total. The van der Waals surface area contributed by atoms with Gasteiger partial charge in [0.25, 0.3) is 0 Å². The maximum absolute atomic E-state index is 11.8. The highest BCUT2D eigenvalue weighted by atomic mass is 32.2. The lowest BCUT2D eigenvalue weighted by Crippen LogP contribution is -2.06. The second-order valence-corrected chi connectivity index (χ2v) is 6.54. The van der Waals surface area contributed by atoms with Crippen LogP contribution in [0.5, 0.6) is 0 Å². The Labute approximate surface area is 116 Å². The van der Waals surface area contributed by atoms with Crippen LogP contribution in [0.15, 0.2) is 29.2 Å². The molecule has 0 bridgehead atoms. The van der Waals surface area contributed by atoms with Crippen LogP contribution in [0.25, 0.3) is 0 Å². The SMILES string of the molecule is C#CCCCCNc1ccc(S(=O)(=O)CCC)cc1. The van der Waals surface area contributed by atoms with Gasteiger partial charge in [-0.05, 0) is 43.5 Å². The molecule has 1 rings (SSSR count). The largest absolute Gasteiger partial charge is 0.385 e. The summed E-state index contributed by atoms with van der Waals surface area (Å²) in [5.74, 6) is 2.81. The minimum Gasteiger partial charge on any atom is -0.385 e. The third kappa shape index (κ3) is 5.35. The molecule has 1 N–H and O–H groups in total. The van der Waals surface area contributed by atoms with Crippen molar-refractivity contribution in [1.82, 2.24) is 0 Å². The number of rotatable bonds is 8.